The first-order valence-corrected chi connectivity index (χ1v) is 18.4. The summed E-state index contributed by atoms with van der Waals surface area (Å²) in [5, 5.41) is 13.7. The third kappa shape index (κ3) is 5.17. The Balaban J connectivity index is 1.37. The van der Waals surface area contributed by atoms with Gasteiger partial charge in [0.25, 0.3) is 5.91 Å². The van der Waals surface area contributed by atoms with Gasteiger partial charge >= 0.3 is 0 Å². The van der Waals surface area contributed by atoms with Crippen molar-refractivity contribution in [2.24, 2.45) is 34.1 Å². The van der Waals surface area contributed by atoms with Crippen molar-refractivity contribution in [2.45, 2.75) is 70.5 Å². The Bertz CT molecular complexity index is 2000. The van der Waals surface area contributed by atoms with Crippen molar-refractivity contribution < 1.29 is 18.8 Å². The quantitative estimate of drug-likeness (QED) is 0.325. The number of nitriles is 1. The predicted molar refractivity (Wildman–Crippen MR) is 192 cm³/mol. The van der Waals surface area contributed by atoms with Gasteiger partial charge in [-0.05, 0) is 92.0 Å². The van der Waals surface area contributed by atoms with E-state index in [1.807, 2.05) is 31.7 Å². The molecule has 3 aliphatic heterocycles. The maximum Gasteiger partial charge on any atom is 0.275 e. The molecule has 9 heteroatoms. The molecule has 3 heterocycles. The molecular weight excluding hydrogens is 641 g/mol. The molecule has 51 heavy (non-hydrogen) atoms. The number of amides is 2. The van der Waals surface area contributed by atoms with Crippen molar-refractivity contribution in [3.63, 3.8) is 0 Å². The zero-order valence-corrected chi connectivity index (χ0v) is 29.5. The summed E-state index contributed by atoms with van der Waals surface area (Å²) in [6, 6.07) is 22.4. The molecule has 4 atom stereocenters. The van der Waals surface area contributed by atoms with Crippen LogP contribution < -0.4 is 10.2 Å². The number of fused-ring (bicyclic) bond motifs is 6. The Morgan fingerprint density at radius 3 is 2.27 bits per heavy atom. The maximum absolute atomic E-state index is 16.0. The lowest BCUT2D eigenvalue weighted by atomic mass is 9.82. The number of para-hydroxylation sites is 1. The third-order valence-corrected chi connectivity index (χ3v) is 12.8. The average Bonchev–Trinajstić information content (AvgIpc) is 3.80. The van der Waals surface area contributed by atoms with E-state index >= 15 is 9.18 Å². The first kappa shape index (κ1) is 33.5. The van der Waals surface area contributed by atoms with E-state index < -0.39 is 28.3 Å². The van der Waals surface area contributed by atoms with Crippen molar-refractivity contribution in [3.05, 3.63) is 101 Å². The number of carbonyl (C=O) groups excluding carboxylic acids is 3. The molecule has 0 radical (unpaired) electrons. The molecule has 0 spiro atoms. The van der Waals surface area contributed by atoms with Gasteiger partial charge in [0.1, 0.15) is 12.4 Å². The van der Waals surface area contributed by atoms with E-state index in [2.05, 4.69) is 11.4 Å². The number of halogens is 1. The molecule has 4 unspecified atom stereocenters. The number of Topliss-reactive ketones (excluding diaryl/α,β-unsaturated/α-hetero) is 1. The lowest BCUT2D eigenvalue weighted by molar-refractivity contribution is -0.135. The number of nitrogens with one attached hydrogen (secondary N) is 1. The number of hydrogen-bond donors (Lipinski definition) is 1. The number of hydrogen-bond acceptors (Lipinski definition) is 6. The third-order valence-electron chi connectivity index (χ3n) is 12.8. The number of benzodiazepines with no additional fused rings is 1. The van der Waals surface area contributed by atoms with Gasteiger partial charge in [-0.3, -0.25) is 24.6 Å². The van der Waals surface area contributed by atoms with E-state index in [4.69, 9.17) is 4.99 Å². The Morgan fingerprint density at radius 1 is 0.922 bits per heavy atom. The summed E-state index contributed by atoms with van der Waals surface area (Å²) in [6.07, 6.45) is 5.95. The highest BCUT2D eigenvalue weighted by Crippen LogP contribution is 2.68. The van der Waals surface area contributed by atoms with Crippen LogP contribution >= 0.6 is 0 Å². The van der Waals surface area contributed by atoms with Crippen LogP contribution in [0.1, 0.15) is 81.5 Å². The molecule has 6 aliphatic rings. The Kier molecular flexibility index (Phi) is 8.02. The second-order valence-electron chi connectivity index (χ2n) is 16.0. The standard InChI is InChI=1S/C42H44FN5O3/c1-26-15-20-35-40(2,3)41(35,38(26)50)46-42(30-10-8-9-29(21-30)22-44)39(51)48(25-36(49)47-23-27-16-17-28(24-47)19-18-27)34-14-7-5-12-32(34)37(45-42)31-11-4-6-13-33(31)43/h4-14,21,26-28,35,46H,15-20,23-25H2,1-3H3. The molecule has 1 N–H and O–H groups in total. The average molecular weight is 686 g/mol. The molecule has 9 rings (SSSR count). The number of rotatable bonds is 6. The van der Waals surface area contributed by atoms with E-state index in [9.17, 15) is 14.9 Å². The minimum atomic E-state index is -2.00. The molecule has 2 bridgehead atoms. The van der Waals surface area contributed by atoms with E-state index in [0.717, 1.165) is 38.5 Å². The molecule has 3 saturated carbocycles. The first-order chi connectivity index (χ1) is 24.5. The smallest absolute Gasteiger partial charge is 0.275 e. The van der Waals surface area contributed by atoms with E-state index in [1.165, 1.54) is 11.0 Å². The largest absolute Gasteiger partial charge is 0.341 e. The molecule has 2 amide bonds. The van der Waals surface area contributed by atoms with Crippen LogP contribution in [0.3, 0.4) is 0 Å². The highest BCUT2D eigenvalue weighted by Gasteiger charge is 2.78. The Labute approximate surface area is 298 Å². The van der Waals surface area contributed by atoms with Crippen molar-refractivity contribution >= 4 is 29.0 Å². The van der Waals surface area contributed by atoms with Crippen molar-refractivity contribution in [3.8, 4) is 6.07 Å². The molecule has 2 saturated heterocycles. The predicted octanol–water partition coefficient (Wildman–Crippen LogP) is 6.37. The summed E-state index contributed by atoms with van der Waals surface area (Å²) >= 11 is 0. The van der Waals surface area contributed by atoms with Gasteiger partial charge in [0.05, 0.1) is 28.6 Å². The van der Waals surface area contributed by atoms with Crippen molar-refractivity contribution in [2.75, 3.05) is 24.5 Å². The molecule has 8 nitrogen and oxygen atoms in total. The molecule has 0 aromatic heterocycles. The van der Waals surface area contributed by atoms with Gasteiger partial charge in [-0.25, -0.2) is 9.38 Å². The van der Waals surface area contributed by atoms with Crippen LogP contribution in [0.5, 0.6) is 0 Å². The summed E-state index contributed by atoms with van der Waals surface area (Å²) in [5.74, 6) is -0.650. The molecule has 3 aromatic rings. The number of ketones is 1. The van der Waals surface area contributed by atoms with Crippen LogP contribution in [0.25, 0.3) is 0 Å². The zero-order valence-electron chi connectivity index (χ0n) is 29.5. The summed E-state index contributed by atoms with van der Waals surface area (Å²) in [5.41, 5.74) is -1.66. The highest BCUT2D eigenvalue weighted by atomic mass is 19.1. The van der Waals surface area contributed by atoms with Crippen LogP contribution in [0.15, 0.2) is 77.8 Å². The Morgan fingerprint density at radius 2 is 1.59 bits per heavy atom. The van der Waals surface area contributed by atoms with Crippen LogP contribution in [0.4, 0.5) is 10.1 Å². The van der Waals surface area contributed by atoms with Gasteiger partial charge in [0, 0.05) is 35.7 Å². The van der Waals surface area contributed by atoms with Crippen LogP contribution in [-0.4, -0.2) is 53.4 Å². The highest BCUT2D eigenvalue weighted by molar-refractivity contribution is 6.22. The monoisotopic (exact) mass is 685 g/mol. The normalized spacial score (nSPS) is 30.8. The number of anilines is 1. The SMILES string of the molecule is CC1CCC2C(C)(C)C2(NC2(c3cccc(C#N)c3)N=C(c3ccccc3F)c3ccccc3N(CC(=O)N3CC4CCC(CC4)C3)C2=O)C1=O. The van der Waals surface area contributed by atoms with Gasteiger partial charge in [0.2, 0.25) is 11.6 Å². The first-order valence-electron chi connectivity index (χ1n) is 18.4. The van der Waals surface area contributed by atoms with Crippen LogP contribution in [0.2, 0.25) is 0 Å². The van der Waals surface area contributed by atoms with Crippen LogP contribution in [-0.2, 0) is 20.0 Å². The van der Waals surface area contributed by atoms with Crippen molar-refractivity contribution in [1.29, 1.82) is 5.26 Å². The fraction of sp³-hybridized carbons (Fsp3) is 0.452. The fourth-order valence-electron chi connectivity index (χ4n) is 9.86. The van der Waals surface area contributed by atoms with E-state index in [-0.39, 0.29) is 41.3 Å². The number of carbonyl (C=O) groups is 3. The fourth-order valence-corrected chi connectivity index (χ4v) is 9.86. The van der Waals surface area contributed by atoms with Gasteiger partial charge in [-0.2, -0.15) is 5.26 Å². The molecule has 3 aliphatic carbocycles. The minimum Gasteiger partial charge on any atom is -0.341 e. The van der Waals surface area contributed by atoms with Gasteiger partial charge in [0.15, 0.2) is 5.78 Å². The number of aliphatic imine (C=N–C) groups is 1. The molecule has 262 valence electrons. The van der Waals surface area contributed by atoms with Crippen LogP contribution in [0, 0.1) is 46.2 Å². The molecule has 3 aromatic carbocycles. The second-order valence-corrected chi connectivity index (χ2v) is 16.0. The molecule has 5 fully saturated rings. The van der Waals surface area contributed by atoms with E-state index in [0.29, 0.717) is 47.3 Å². The van der Waals surface area contributed by atoms with Crippen molar-refractivity contribution in [1.82, 2.24) is 10.2 Å². The zero-order chi connectivity index (χ0) is 35.7. The van der Waals surface area contributed by atoms with Gasteiger partial charge in [-0.15, -0.1) is 0 Å². The van der Waals surface area contributed by atoms with E-state index in [1.54, 1.807) is 60.7 Å². The minimum absolute atomic E-state index is 0.0134. The number of nitrogens with zero attached hydrogens (tertiary/aromatic N) is 4. The summed E-state index contributed by atoms with van der Waals surface area (Å²) in [6.45, 7) is 7.10. The second kappa shape index (κ2) is 12.2. The summed E-state index contributed by atoms with van der Waals surface area (Å²) < 4.78 is 16.0. The topological polar surface area (TPSA) is 106 Å². The molecular formula is C42H44FN5O3. The lowest BCUT2D eigenvalue weighted by Crippen LogP contribution is -2.63. The summed E-state index contributed by atoms with van der Waals surface area (Å²) in [4.78, 5) is 53.5. The Hall–Kier alpha value is -4.68. The number of benzene rings is 3. The summed E-state index contributed by atoms with van der Waals surface area (Å²) in [7, 11) is 0. The van der Waals surface area contributed by atoms with Gasteiger partial charge in [-0.1, -0.05) is 63.2 Å². The maximum atomic E-state index is 16.0. The van der Waals surface area contributed by atoms with Gasteiger partial charge < -0.3 is 4.90 Å². The lowest BCUT2D eigenvalue weighted by Gasteiger charge is -2.40.